The third-order valence-corrected chi connectivity index (χ3v) is 8.31. The molecule has 0 radical (unpaired) electrons. The maximum atomic E-state index is 15.7. The van der Waals surface area contributed by atoms with Crippen molar-refractivity contribution >= 4 is 16.1 Å². The van der Waals surface area contributed by atoms with Crippen molar-refractivity contribution in [3.05, 3.63) is 53.8 Å². The Balaban J connectivity index is 1.81. The molecule has 2 aromatic rings. The number of hydrogen-bond acceptors (Lipinski definition) is 4. The molecule has 2 bridgehead atoms. The molecule has 1 saturated heterocycles. The summed E-state index contributed by atoms with van der Waals surface area (Å²) in [6, 6.07) is 8.55. The lowest BCUT2D eigenvalue weighted by Crippen LogP contribution is -2.54. The average molecular weight is 512 g/mol. The molecule has 1 N–H and O–H groups in total. The van der Waals surface area contributed by atoms with Crippen molar-refractivity contribution in [1.82, 2.24) is 14.5 Å². The molecule has 4 rings (SSSR count). The van der Waals surface area contributed by atoms with Crippen LogP contribution >= 0.6 is 0 Å². The lowest BCUT2D eigenvalue weighted by Gasteiger charge is -2.32. The molecule has 1 fully saturated rings. The summed E-state index contributed by atoms with van der Waals surface area (Å²) >= 11 is 0. The Morgan fingerprint density at radius 3 is 2.51 bits per heavy atom. The average Bonchev–Trinajstić information content (AvgIpc) is 3.08. The van der Waals surface area contributed by atoms with Gasteiger partial charge in [-0.1, -0.05) is 36.4 Å². The van der Waals surface area contributed by atoms with E-state index < -0.39 is 51.7 Å². The SMILES string of the molecule is CN1CCOc2ccccc2-c2cccc(c2F)CC2C(NS(=O)(=O)C(C)(C)F)C(F)CN2C1=O. The Bertz CT molecular complexity index is 1220. The Hall–Kier alpha value is -2.79. The molecule has 2 aliphatic heterocycles. The second kappa shape index (κ2) is 9.34. The van der Waals surface area contributed by atoms with E-state index in [2.05, 4.69) is 4.72 Å². The number of halogens is 3. The summed E-state index contributed by atoms with van der Waals surface area (Å²) in [4.78, 5) is 15.7. The highest BCUT2D eigenvalue weighted by Crippen LogP contribution is 2.35. The highest BCUT2D eigenvalue weighted by Gasteiger charge is 2.49. The maximum Gasteiger partial charge on any atom is 0.320 e. The van der Waals surface area contributed by atoms with Gasteiger partial charge in [0.15, 0.2) is 0 Å². The third-order valence-electron chi connectivity index (χ3n) is 6.45. The predicted octanol–water partition coefficient (Wildman–Crippen LogP) is 3.50. The number of alkyl halides is 2. The molecule has 35 heavy (non-hydrogen) atoms. The number of amides is 2. The maximum absolute atomic E-state index is 15.7. The van der Waals surface area contributed by atoms with Crippen LogP contribution in [0.5, 0.6) is 5.75 Å². The second-order valence-electron chi connectivity index (χ2n) is 9.28. The van der Waals surface area contributed by atoms with Crippen molar-refractivity contribution < 1.29 is 31.1 Å². The fourth-order valence-corrected chi connectivity index (χ4v) is 5.34. The normalized spacial score (nSPS) is 23.5. The van der Waals surface area contributed by atoms with Gasteiger partial charge in [0.05, 0.1) is 25.2 Å². The van der Waals surface area contributed by atoms with Gasteiger partial charge in [0.25, 0.3) is 0 Å². The summed E-state index contributed by atoms with van der Waals surface area (Å²) < 4.78 is 78.3. The van der Waals surface area contributed by atoms with Gasteiger partial charge in [-0.25, -0.2) is 31.1 Å². The van der Waals surface area contributed by atoms with Crippen LogP contribution < -0.4 is 9.46 Å². The Morgan fingerprint density at radius 1 is 1.11 bits per heavy atom. The number of para-hydroxylation sites is 1. The Morgan fingerprint density at radius 2 is 1.80 bits per heavy atom. The Kier molecular flexibility index (Phi) is 6.76. The zero-order chi connectivity index (χ0) is 25.5. The van der Waals surface area contributed by atoms with E-state index in [1.807, 2.05) is 0 Å². The summed E-state index contributed by atoms with van der Waals surface area (Å²) in [5.41, 5.74) is 0.948. The lowest BCUT2D eigenvalue weighted by atomic mass is 9.95. The Labute approximate surface area is 202 Å². The smallest absolute Gasteiger partial charge is 0.320 e. The minimum Gasteiger partial charge on any atom is -0.491 e. The first kappa shape index (κ1) is 25.3. The van der Waals surface area contributed by atoms with Gasteiger partial charge in [-0.2, -0.15) is 0 Å². The molecule has 2 amide bonds. The van der Waals surface area contributed by atoms with Gasteiger partial charge in [0.2, 0.25) is 15.0 Å². The summed E-state index contributed by atoms with van der Waals surface area (Å²) in [5, 5.41) is -2.68. The molecule has 3 atom stereocenters. The van der Waals surface area contributed by atoms with Crippen LogP contribution in [0.1, 0.15) is 19.4 Å². The molecule has 0 saturated carbocycles. The zero-order valence-corrected chi connectivity index (χ0v) is 20.5. The molecule has 11 heteroatoms. The summed E-state index contributed by atoms with van der Waals surface area (Å²) in [7, 11) is -3.08. The largest absolute Gasteiger partial charge is 0.491 e. The van der Waals surface area contributed by atoms with E-state index in [1.54, 1.807) is 36.4 Å². The number of hydrogen-bond donors (Lipinski definition) is 1. The third kappa shape index (κ3) is 4.84. The highest BCUT2D eigenvalue weighted by atomic mass is 32.2. The molecule has 2 aromatic carbocycles. The number of carbonyl (C=O) groups is 1. The van der Waals surface area contributed by atoms with E-state index in [1.165, 1.54) is 22.9 Å². The number of sulfonamides is 1. The number of likely N-dealkylation sites (N-methyl/N-ethyl adjacent to an activating group) is 1. The number of nitrogens with zero attached hydrogens (tertiary/aromatic N) is 2. The first-order valence-electron chi connectivity index (χ1n) is 11.3. The number of benzene rings is 2. The molecule has 2 heterocycles. The minimum atomic E-state index is -4.59. The number of rotatable bonds is 3. The van der Waals surface area contributed by atoms with Crippen molar-refractivity contribution in [1.29, 1.82) is 0 Å². The molecule has 0 spiro atoms. The molecule has 3 unspecified atom stereocenters. The van der Waals surface area contributed by atoms with E-state index >= 15 is 8.78 Å². The van der Waals surface area contributed by atoms with Crippen LogP contribution in [0.15, 0.2) is 42.5 Å². The molecule has 0 aromatic heterocycles. The van der Waals surface area contributed by atoms with Crippen molar-refractivity contribution in [2.45, 2.75) is 43.5 Å². The van der Waals surface area contributed by atoms with Crippen LogP contribution in [-0.2, 0) is 16.4 Å². The molecule has 190 valence electrons. The summed E-state index contributed by atoms with van der Waals surface area (Å²) in [6.45, 7) is 1.53. The van der Waals surface area contributed by atoms with Gasteiger partial charge in [0, 0.05) is 18.2 Å². The van der Waals surface area contributed by atoms with E-state index in [4.69, 9.17) is 4.74 Å². The highest BCUT2D eigenvalue weighted by molar-refractivity contribution is 7.90. The number of carbonyl (C=O) groups excluding carboxylic acids is 1. The van der Waals surface area contributed by atoms with E-state index in [-0.39, 0.29) is 30.7 Å². The van der Waals surface area contributed by atoms with Gasteiger partial charge in [0.1, 0.15) is 24.3 Å². The molecule has 0 aliphatic carbocycles. The van der Waals surface area contributed by atoms with Crippen molar-refractivity contribution in [2.75, 3.05) is 26.7 Å². The van der Waals surface area contributed by atoms with Gasteiger partial charge in [-0.3, -0.25) is 0 Å². The van der Waals surface area contributed by atoms with Crippen LogP contribution in [-0.4, -0.2) is 74.2 Å². The summed E-state index contributed by atoms with van der Waals surface area (Å²) in [5.74, 6) is -0.137. The van der Waals surface area contributed by atoms with Crippen molar-refractivity contribution in [2.24, 2.45) is 0 Å². The zero-order valence-electron chi connectivity index (χ0n) is 19.7. The molecular weight excluding hydrogens is 483 g/mol. The standard InChI is InChI=1S/C24H28F3N3O4S/c1-24(2,27)35(32,33)28-22-18(25)14-30-19(22)13-15-7-6-9-17(21(15)26)16-8-4-5-10-20(16)34-12-11-29(3)23(30)31/h4-10,18-19,22,28H,11-14H2,1-3H3. The number of ether oxygens (including phenoxy) is 1. The molecule has 2 aliphatic rings. The quantitative estimate of drug-likeness (QED) is 0.685. The lowest BCUT2D eigenvalue weighted by molar-refractivity contribution is 0.146. The second-order valence-corrected chi connectivity index (χ2v) is 11.5. The monoisotopic (exact) mass is 511 g/mol. The topological polar surface area (TPSA) is 79.0 Å². The van der Waals surface area contributed by atoms with Crippen molar-refractivity contribution in [3.8, 4) is 16.9 Å². The van der Waals surface area contributed by atoms with Crippen molar-refractivity contribution in [3.63, 3.8) is 0 Å². The van der Waals surface area contributed by atoms with Crippen LogP contribution in [0.3, 0.4) is 0 Å². The minimum absolute atomic E-state index is 0.101. The van der Waals surface area contributed by atoms with Gasteiger partial charge >= 0.3 is 6.03 Å². The van der Waals surface area contributed by atoms with Gasteiger partial charge in [-0.15, -0.1) is 0 Å². The first-order valence-corrected chi connectivity index (χ1v) is 12.7. The number of fused-ring (bicyclic) bond motifs is 5. The van der Waals surface area contributed by atoms with Crippen LogP contribution in [0, 0.1) is 5.82 Å². The number of urea groups is 1. The fraction of sp³-hybridized carbons (Fsp3) is 0.458. The van der Waals surface area contributed by atoms with Crippen LogP contribution in [0.4, 0.5) is 18.0 Å². The molecular formula is C24H28F3N3O4S. The van der Waals surface area contributed by atoms with Gasteiger partial charge < -0.3 is 14.5 Å². The summed E-state index contributed by atoms with van der Waals surface area (Å²) in [6.07, 6.45) is -1.99. The number of nitrogens with one attached hydrogen (secondary N) is 1. The van der Waals surface area contributed by atoms with Crippen LogP contribution in [0.2, 0.25) is 0 Å². The first-order chi connectivity index (χ1) is 16.4. The predicted molar refractivity (Wildman–Crippen MR) is 125 cm³/mol. The van der Waals surface area contributed by atoms with E-state index in [0.29, 0.717) is 11.3 Å². The van der Waals surface area contributed by atoms with Gasteiger partial charge in [-0.05, 0) is 31.9 Å². The molecule has 7 nitrogen and oxygen atoms in total. The van der Waals surface area contributed by atoms with E-state index in [0.717, 1.165) is 13.8 Å². The van der Waals surface area contributed by atoms with E-state index in [9.17, 15) is 17.6 Å². The fourth-order valence-electron chi connectivity index (χ4n) is 4.39. The van der Waals surface area contributed by atoms with Crippen LogP contribution in [0.25, 0.3) is 11.1 Å².